The van der Waals surface area contributed by atoms with Crippen LogP contribution in [0.3, 0.4) is 0 Å². The van der Waals surface area contributed by atoms with E-state index in [2.05, 4.69) is 34.1 Å². The quantitative estimate of drug-likeness (QED) is 0.0401. The van der Waals surface area contributed by atoms with E-state index in [1.807, 2.05) is 0 Å². The van der Waals surface area contributed by atoms with Crippen LogP contribution in [0.25, 0.3) is 10.8 Å². The van der Waals surface area contributed by atoms with Gasteiger partial charge in [0, 0.05) is 40.3 Å². The number of benzene rings is 4. The Kier molecular flexibility index (Phi) is 16.6. The summed E-state index contributed by atoms with van der Waals surface area (Å²) in [5.41, 5.74) is -3.06. The number of rotatable bonds is 19. The first-order chi connectivity index (χ1) is 27.8. The Morgan fingerprint density at radius 3 is 1.53 bits per heavy atom. The van der Waals surface area contributed by atoms with Crippen LogP contribution in [0.15, 0.2) is 101 Å². The third-order valence-electron chi connectivity index (χ3n) is 7.38. The minimum absolute atomic E-state index is 0. The number of sulfone groups is 2. The predicted octanol–water partition coefficient (Wildman–Crippen LogP) is 1.93. The summed E-state index contributed by atoms with van der Waals surface area (Å²) in [6.07, 6.45) is 0. The molecule has 0 heterocycles. The van der Waals surface area contributed by atoms with E-state index >= 15 is 0 Å². The number of nitrogens with one attached hydrogen (secondary N) is 1. The van der Waals surface area contributed by atoms with Crippen LogP contribution in [0.2, 0.25) is 0 Å². The molecular formula is C27H27N5NaO22S7. The van der Waals surface area contributed by atoms with Crippen molar-refractivity contribution in [3.05, 3.63) is 60.7 Å². The molecule has 4 aromatic rings. The van der Waals surface area contributed by atoms with Crippen LogP contribution in [0.4, 0.5) is 28.4 Å². The molecule has 7 N–H and O–H groups in total. The van der Waals surface area contributed by atoms with Crippen LogP contribution < -0.4 is 5.32 Å². The second-order valence-corrected chi connectivity index (χ2v) is 22.3. The van der Waals surface area contributed by atoms with Crippen LogP contribution in [-0.2, 0) is 79.2 Å². The Morgan fingerprint density at radius 2 is 1.03 bits per heavy atom. The van der Waals surface area contributed by atoms with Crippen molar-refractivity contribution in [1.29, 1.82) is 0 Å². The first-order valence-corrected chi connectivity index (χ1v) is 26.0. The van der Waals surface area contributed by atoms with Gasteiger partial charge in [0.1, 0.15) is 32.7 Å². The summed E-state index contributed by atoms with van der Waals surface area (Å²) >= 11 is 0. The molecule has 0 atom stereocenters. The zero-order chi connectivity index (χ0) is 46.0. The summed E-state index contributed by atoms with van der Waals surface area (Å²) in [4.78, 5) is -3.66. The SMILES string of the molecule is O=S(=O)(O)CNc1ccc2c(O)c(N=Nc3ccc(S(=O)(=O)CCOS(=O)(=O)O)cc3)c(S(=O)(=O)O)cc2c1N=Nc1ccc(S(=O)(=O)CCOS(=O)(=O)O)cc1S(=O)(=O)O.[Na]. The summed E-state index contributed by atoms with van der Waals surface area (Å²) in [5, 5.41) is 27.4. The van der Waals surface area contributed by atoms with E-state index in [0.717, 1.165) is 42.5 Å². The normalized spacial score (nSPS) is 13.4. The summed E-state index contributed by atoms with van der Waals surface area (Å²) in [6, 6.07) is 8.43. The average Bonchev–Trinajstić information content (AvgIpc) is 3.10. The number of hydrogen-bond donors (Lipinski definition) is 7. The van der Waals surface area contributed by atoms with Crippen LogP contribution >= 0.6 is 0 Å². The molecule has 0 aliphatic rings. The fourth-order valence-corrected chi connectivity index (χ4v) is 9.47. The smallest absolute Gasteiger partial charge is 0.397 e. The van der Waals surface area contributed by atoms with Crippen molar-refractivity contribution in [3.63, 3.8) is 0 Å². The standard InChI is InChI=1S/C27H27N5O22S7.Na/c33-27-19-6-8-22(28-15-57(38,39)40)25(31-30-21-7-5-18(13-23(21)58(41,42)43)56(36,37)12-10-54-61(50,51)52)20(19)14-24(59(44,45)46)26(27)32-29-16-1-3-17(4-2-16)55(34,35)11-9-53-60(47,48)49;/h1-8,13-14,28,33H,9-12,15H2,(H,38,39,40)(H,41,42,43)(H,44,45,46)(H,47,48,49)(H,50,51,52);. The van der Waals surface area contributed by atoms with E-state index < -0.39 is 155 Å². The van der Waals surface area contributed by atoms with E-state index in [4.69, 9.17) is 9.11 Å². The molecular weight excluding hydrogens is 994 g/mol. The molecule has 0 amide bonds. The Hall–Kier alpha value is -3.69. The van der Waals surface area contributed by atoms with Gasteiger partial charge in [-0.25, -0.2) is 25.2 Å². The molecule has 4 aromatic carbocycles. The van der Waals surface area contributed by atoms with E-state index in [0.29, 0.717) is 18.2 Å². The number of phenolic OH excluding ortho intramolecular Hbond substituents is 1. The number of anilines is 1. The minimum atomic E-state index is -5.41. The van der Waals surface area contributed by atoms with Crippen LogP contribution in [0.1, 0.15) is 0 Å². The molecule has 35 heteroatoms. The molecule has 0 unspecified atom stereocenters. The summed E-state index contributed by atoms with van der Waals surface area (Å²) in [7, 11) is -34.4. The van der Waals surface area contributed by atoms with E-state index in [1.54, 1.807) is 0 Å². The molecule has 1 radical (unpaired) electrons. The van der Waals surface area contributed by atoms with Gasteiger partial charge in [0.25, 0.3) is 30.4 Å². The number of aromatic hydroxyl groups is 1. The Labute approximate surface area is 374 Å². The van der Waals surface area contributed by atoms with Crippen molar-refractivity contribution in [1.82, 2.24) is 0 Å². The zero-order valence-corrected chi connectivity index (χ0v) is 38.4. The molecule has 27 nitrogen and oxygen atoms in total. The summed E-state index contributed by atoms with van der Waals surface area (Å²) in [5.74, 6) is -4.32. The number of hydrogen-bond acceptors (Lipinski definition) is 22. The van der Waals surface area contributed by atoms with Gasteiger partial charge in [0.15, 0.2) is 25.4 Å². The predicted molar refractivity (Wildman–Crippen MR) is 211 cm³/mol. The third-order valence-corrected chi connectivity index (χ3v) is 13.9. The van der Waals surface area contributed by atoms with Gasteiger partial charge in [-0.3, -0.25) is 22.8 Å². The molecule has 0 aromatic heterocycles. The second-order valence-electron chi connectivity index (χ2n) is 11.6. The molecule has 0 aliphatic heterocycles. The van der Waals surface area contributed by atoms with Crippen molar-refractivity contribution in [2.45, 2.75) is 19.6 Å². The molecule has 0 bridgehead atoms. The molecule has 0 spiro atoms. The van der Waals surface area contributed by atoms with Gasteiger partial charge in [-0.1, -0.05) is 0 Å². The second kappa shape index (κ2) is 19.6. The summed E-state index contributed by atoms with van der Waals surface area (Å²) in [6.45, 7) is -2.05. The first-order valence-electron chi connectivity index (χ1n) is 15.5. The maximum absolute atomic E-state index is 12.7. The van der Waals surface area contributed by atoms with Gasteiger partial charge in [0.2, 0.25) is 0 Å². The van der Waals surface area contributed by atoms with Gasteiger partial charge < -0.3 is 10.4 Å². The maximum Gasteiger partial charge on any atom is 0.397 e. The number of phenols is 1. The fraction of sp³-hybridized carbons (Fsp3) is 0.185. The molecule has 0 saturated heterocycles. The van der Waals surface area contributed by atoms with Gasteiger partial charge in [0.05, 0.1) is 45.9 Å². The Balaban J connectivity index is 0.0000102. The minimum Gasteiger partial charge on any atom is -0.505 e. The Bertz CT molecular complexity index is 3260. The topological polar surface area (TPSA) is 440 Å². The number of fused-ring (bicyclic) bond motifs is 1. The first kappa shape index (κ1) is 52.7. The van der Waals surface area contributed by atoms with Crippen LogP contribution in [-0.4, -0.2) is 147 Å². The van der Waals surface area contributed by atoms with Crippen molar-refractivity contribution in [2.75, 3.05) is 35.9 Å². The van der Waals surface area contributed by atoms with Crippen LogP contribution in [0.5, 0.6) is 5.75 Å². The van der Waals surface area contributed by atoms with Crippen molar-refractivity contribution in [3.8, 4) is 5.75 Å². The molecule has 0 aliphatic carbocycles. The van der Waals surface area contributed by atoms with Crippen molar-refractivity contribution < 1.29 is 95.2 Å². The van der Waals surface area contributed by atoms with Gasteiger partial charge >= 0.3 is 20.8 Å². The number of azo groups is 2. The Morgan fingerprint density at radius 1 is 0.532 bits per heavy atom. The van der Waals surface area contributed by atoms with Crippen LogP contribution in [0, 0.1) is 0 Å². The van der Waals surface area contributed by atoms with Crippen molar-refractivity contribution >= 4 is 140 Å². The zero-order valence-electron chi connectivity index (χ0n) is 30.7. The molecule has 335 valence electrons. The molecule has 0 saturated carbocycles. The monoisotopic (exact) mass is 1020 g/mol. The average molecular weight is 1020 g/mol. The third kappa shape index (κ3) is 14.7. The van der Waals surface area contributed by atoms with Gasteiger partial charge in [-0.05, 0) is 60.7 Å². The largest absolute Gasteiger partial charge is 0.505 e. The van der Waals surface area contributed by atoms with Gasteiger partial charge in [-0.15, -0.1) is 15.3 Å². The molecule has 62 heavy (non-hydrogen) atoms. The van der Waals surface area contributed by atoms with E-state index in [1.165, 1.54) is 0 Å². The fourth-order valence-electron chi connectivity index (χ4n) is 4.76. The molecule has 4 rings (SSSR count). The number of nitrogens with zero attached hydrogens (tertiary/aromatic N) is 4. The summed E-state index contributed by atoms with van der Waals surface area (Å²) < 4.78 is 221. The maximum atomic E-state index is 12.7. The van der Waals surface area contributed by atoms with Gasteiger partial charge in [-0.2, -0.15) is 47.2 Å². The van der Waals surface area contributed by atoms with Crippen molar-refractivity contribution in [2.24, 2.45) is 20.5 Å². The molecule has 0 fully saturated rings. The van der Waals surface area contributed by atoms with E-state index in [-0.39, 0.29) is 40.1 Å². The van der Waals surface area contributed by atoms with E-state index in [9.17, 15) is 77.7 Å².